The second kappa shape index (κ2) is 27.3. The summed E-state index contributed by atoms with van der Waals surface area (Å²) in [5.41, 5.74) is 0. The van der Waals surface area contributed by atoms with Gasteiger partial charge < -0.3 is 15.5 Å². The molecule has 0 heterocycles. The minimum Gasteiger partial charge on any atom is -0.356 e. The highest BCUT2D eigenvalue weighted by Gasteiger charge is 2.06. The molecule has 37 heavy (non-hydrogen) atoms. The molecule has 216 valence electrons. The molecule has 0 aromatic rings. The number of rotatable bonds is 27. The summed E-state index contributed by atoms with van der Waals surface area (Å²) in [7, 11) is 4.00. The molecule has 0 aromatic heterocycles. The third-order valence-electron chi connectivity index (χ3n) is 6.65. The van der Waals surface area contributed by atoms with Crippen LogP contribution in [0.1, 0.15) is 135 Å². The smallest absolute Gasteiger partial charge is 0.220 e. The molecule has 2 amide bonds. The fourth-order valence-electron chi connectivity index (χ4n) is 4.29. The Bertz CT molecular complexity index is 590. The van der Waals surface area contributed by atoms with E-state index < -0.39 is 0 Å². The van der Waals surface area contributed by atoms with Crippen molar-refractivity contribution in [3.05, 3.63) is 12.2 Å². The van der Waals surface area contributed by atoms with Crippen molar-refractivity contribution in [2.75, 3.05) is 33.7 Å². The maximum absolute atomic E-state index is 12.0. The summed E-state index contributed by atoms with van der Waals surface area (Å²) in [6, 6.07) is 0. The molecule has 0 atom stereocenters. The van der Waals surface area contributed by atoms with Crippen molar-refractivity contribution in [3.63, 3.8) is 0 Å². The average molecular weight is 522 g/mol. The van der Waals surface area contributed by atoms with Crippen LogP contribution in [0, 0.1) is 0 Å². The number of nitrogens with one attached hydrogen (secondary N) is 2. The van der Waals surface area contributed by atoms with Crippen LogP contribution < -0.4 is 10.6 Å². The summed E-state index contributed by atoms with van der Waals surface area (Å²) in [4.78, 5) is 37.6. The second-order valence-electron chi connectivity index (χ2n) is 10.7. The summed E-state index contributed by atoms with van der Waals surface area (Å²) in [6.07, 6.45) is 25.9. The molecule has 0 unspecified atom stereocenters. The molecule has 0 aliphatic rings. The molecular weight excluding hydrogens is 462 g/mol. The van der Waals surface area contributed by atoms with Crippen LogP contribution in [-0.2, 0) is 14.4 Å². The molecule has 0 spiro atoms. The highest BCUT2D eigenvalue weighted by molar-refractivity contribution is 5.89. The summed E-state index contributed by atoms with van der Waals surface area (Å²) < 4.78 is 0. The van der Waals surface area contributed by atoms with Gasteiger partial charge in [0.05, 0.1) is 0 Å². The van der Waals surface area contributed by atoms with Gasteiger partial charge >= 0.3 is 0 Å². The van der Waals surface area contributed by atoms with E-state index >= 15 is 0 Å². The SMILES string of the molecule is CCCCCCCCCCCCCCCCCC(=O)/C=C/CCNC(=O)CCC(=O)NCCCN(C)C. The maximum Gasteiger partial charge on any atom is 0.220 e. The van der Waals surface area contributed by atoms with Gasteiger partial charge in [0.25, 0.3) is 0 Å². The van der Waals surface area contributed by atoms with Crippen LogP contribution in [0.2, 0.25) is 0 Å². The van der Waals surface area contributed by atoms with Crippen LogP contribution in [0.3, 0.4) is 0 Å². The number of ketones is 1. The van der Waals surface area contributed by atoms with E-state index in [0.29, 0.717) is 25.9 Å². The fraction of sp³-hybridized carbons (Fsp3) is 0.839. The first kappa shape index (κ1) is 35.3. The lowest BCUT2D eigenvalue weighted by molar-refractivity contribution is -0.126. The number of carbonyl (C=O) groups is 3. The topological polar surface area (TPSA) is 78.5 Å². The van der Waals surface area contributed by atoms with Crippen LogP contribution in [0.25, 0.3) is 0 Å². The van der Waals surface area contributed by atoms with Crippen molar-refractivity contribution in [3.8, 4) is 0 Å². The number of hydrogen-bond acceptors (Lipinski definition) is 4. The van der Waals surface area contributed by atoms with Crippen molar-refractivity contribution in [2.45, 2.75) is 135 Å². The number of hydrogen-bond donors (Lipinski definition) is 2. The van der Waals surface area contributed by atoms with E-state index in [9.17, 15) is 14.4 Å². The molecule has 0 aliphatic heterocycles. The molecule has 0 radical (unpaired) electrons. The Morgan fingerprint density at radius 3 is 1.54 bits per heavy atom. The fourth-order valence-corrected chi connectivity index (χ4v) is 4.29. The molecule has 0 rings (SSSR count). The lowest BCUT2D eigenvalue weighted by Gasteiger charge is -2.09. The average Bonchev–Trinajstić information content (AvgIpc) is 2.87. The van der Waals surface area contributed by atoms with Crippen molar-refractivity contribution in [1.82, 2.24) is 15.5 Å². The highest BCUT2D eigenvalue weighted by atomic mass is 16.2. The predicted octanol–water partition coefficient (Wildman–Crippen LogP) is 6.73. The van der Waals surface area contributed by atoms with Gasteiger partial charge in [-0.05, 0) is 46.0 Å². The third-order valence-corrected chi connectivity index (χ3v) is 6.65. The van der Waals surface area contributed by atoms with Crippen molar-refractivity contribution in [2.24, 2.45) is 0 Å². The van der Waals surface area contributed by atoms with E-state index in [2.05, 4.69) is 22.5 Å². The van der Waals surface area contributed by atoms with Gasteiger partial charge in [-0.15, -0.1) is 0 Å². The summed E-state index contributed by atoms with van der Waals surface area (Å²) >= 11 is 0. The van der Waals surface area contributed by atoms with Gasteiger partial charge in [0, 0.05) is 32.4 Å². The van der Waals surface area contributed by atoms with Gasteiger partial charge in [-0.2, -0.15) is 0 Å². The first-order chi connectivity index (χ1) is 18.0. The van der Waals surface area contributed by atoms with E-state index in [1.807, 2.05) is 20.2 Å². The molecule has 6 heteroatoms. The van der Waals surface area contributed by atoms with E-state index in [1.165, 1.54) is 83.5 Å². The van der Waals surface area contributed by atoms with Gasteiger partial charge in [-0.25, -0.2) is 0 Å². The normalized spacial score (nSPS) is 11.4. The maximum atomic E-state index is 12.0. The first-order valence-corrected chi connectivity index (χ1v) is 15.3. The largest absolute Gasteiger partial charge is 0.356 e. The van der Waals surface area contributed by atoms with Crippen LogP contribution in [0.5, 0.6) is 0 Å². The number of unbranched alkanes of at least 4 members (excludes halogenated alkanes) is 14. The summed E-state index contributed by atoms with van der Waals surface area (Å²) in [5, 5.41) is 5.64. The molecule has 0 bridgehead atoms. The van der Waals surface area contributed by atoms with Crippen LogP contribution in [0.15, 0.2) is 12.2 Å². The molecule has 6 nitrogen and oxygen atoms in total. The zero-order chi connectivity index (χ0) is 27.4. The minimum absolute atomic E-state index is 0.0850. The van der Waals surface area contributed by atoms with Crippen LogP contribution >= 0.6 is 0 Å². The Labute approximate surface area is 228 Å². The van der Waals surface area contributed by atoms with E-state index in [4.69, 9.17) is 0 Å². The van der Waals surface area contributed by atoms with E-state index in [-0.39, 0.29) is 30.4 Å². The Balaban J connectivity index is 3.44. The summed E-state index contributed by atoms with van der Waals surface area (Å²) in [6.45, 7) is 4.33. The summed E-state index contributed by atoms with van der Waals surface area (Å²) in [5.74, 6) is -0.0360. The second-order valence-corrected chi connectivity index (χ2v) is 10.7. The molecule has 0 aliphatic carbocycles. The van der Waals surface area contributed by atoms with Crippen molar-refractivity contribution >= 4 is 17.6 Å². The molecule has 0 aromatic carbocycles. The number of allylic oxidation sites excluding steroid dienone is 1. The first-order valence-electron chi connectivity index (χ1n) is 15.3. The van der Waals surface area contributed by atoms with Crippen LogP contribution in [0.4, 0.5) is 0 Å². The predicted molar refractivity (Wildman–Crippen MR) is 157 cm³/mol. The zero-order valence-corrected chi connectivity index (χ0v) is 24.6. The lowest BCUT2D eigenvalue weighted by atomic mass is 10.0. The molecule has 0 saturated heterocycles. The zero-order valence-electron chi connectivity index (χ0n) is 24.6. The lowest BCUT2D eigenvalue weighted by Crippen LogP contribution is -2.29. The Kier molecular flexibility index (Phi) is 26.1. The molecule has 0 fully saturated rings. The van der Waals surface area contributed by atoms with Gasteiger partial charge in [0.1, 0.15) is 0 Å². The molecular formula is C31H59N3O3. The minimum atomic E-state index is -0.124. The van der Waals surface area contributed by atoms with Gasteiger partial charge in [0.2, 0.25) is 11.8 Å². The highest BCUT2D eigenvalue weighted by Crippen LogP contribution is 2.13. The monoisotopic (exact) mass is 521 g/mol. The third kappa shape index (κ3) is 28.7. The van der Waals surface area contributed by atoms with Gasteiger partial charge in [-0.1, -0.05) is 103 Å². The number of nitrogens with zero attached hydrogens (tertiary/aromatic N) is 1. The number of carbonyl (C=O) groups excluding carboxylic acids is 3. The molecule has 2 N–H and O–H groups in total. The number of amides is 2. The van der Waals surface area contributed by atoms with E-state index in [1.54, 1.807) is 6.08 Å². The Morgan fingerprint density at radius 2 is 1.05 bits per heavy atom. The van der Waals surface area contributed by atoms with Gasteiger partial charge in [-0.3, -0.25) is 14.4 Å². The van der Waals surface area contributed by atoms with Crippen molar-refractivity contribution in [1.29, 1.82) is 0 Å². The standard InChI is InChI=1S/C31H59N3O3/c1-4-5-6-7-8-9-10-11-12-13-14-15-16-17-18-22-29(35)23-19-20-26-32-30(36)24-25-31(37)33-27-21-28-34(2)3/h19,23H,4-18,20-22,24-28H2,1-3H3,(H,32,36)(H,33,37)/b23-19+. The quantitative estimate of drug-likeness (QED) is 0.0928. The van der Waals surface area contributed by atoms with Gasteiger partial charge in [0.15, 0.2) is 5.78 Å². The Hall–Kier alpha value is -1.69. The molecule has 0 saturated carbocycles. The van der Waals surface area contributed by atoms with E-state index in [0.717, 1.165) is 25.8 Å². The Morgan fingerprint density at radius 1 is 0.595 bits per heavy atom. The van der Waals surface area contributed by atoms with Crippen molar-refractivity contribution < 1.29 is 14.4 Å². The van der Waals surface area contributed by atoms with Crippen LogP contribution in [-0.4, -0.2) is 56.2 Å².